The molecule has 0 saturated carbocycles. The summed E-state index contributed by atoms with van der Waals surface area (Å²) >= 11 is 5.79. The Morgan fingerprint density at radius 1 is 0.842 bits per heavy atom. The summed E-state index contributed by atoms with van der Waals surface area (Å²) in [4.78, 5) is 0. The van der Waals surface area contributed by atoms with Gasteiger partial charge in [-0.15, -0.1) is 0 Å². The second kappa shape index (κ2) is 6.71. The van der Waals surface area contributed by atoms with Gasteiger partial charge in [0.15, 0.2) is 0 Å². The molecule has 0 atom stereocenters. The summed E-state index contributed by atoms with van der Waals surface area (Å²) in [5.74, 6) is 0.821. The lowest BCUT2D eigenvalue weighted by atomic mass is 10.2. The molecule has 2 aromatic carbocycles. The Balaban J connectivity index is 1.96. The fourth-order valence-corrected chi connectivity index (χ4v) is 1.56. The maximum Gasteiger partial charge on any atom is 0.118 e. The molecule has 0 aliphatic heterocycles. The molecule has 0 radical (unpaired) electrons. The molecule has 4 heteroatoms. The third-order valence-electron chi connectivity index (χ3n) is 2.47. The van der Waals surface area contributed by atoms with E-state index in [2.05, 4.69) is 10.2 Å². The van der Waals surface area contributed by atoms with E-state index in [0.717, 1.165) is 16.9 Å². The Hall–Kier alpha value is -2.13. The van der Waals surface area contributed by atoms with Gasteiger partial charge in [-0.3, -0.25) is 0 Å². The predicted molar refractivity (Wildman–Crippen MR) is 79.6 cm³/mol. The summed E-state index contributed by atoms with van der Waals surface area (Å²) in [7, 11) is 1.64. The third kappa shape index (κ3) is 4.23. The SMILES string of the molecule is COc1ccc(/C=N/N=C/c2ccc(Cl)cc2)cc1. The highest BCUT2D eigenvalue weighted by atomic mass is 35.5. The van der Waals surface area contributed by atoms with E-state index >= 15 is 0 Å². The zero-order valence-corrected chi connectivity index (χ0v) is 11.2. The maximum absolute atomic E-state index is 5.79. The van der Waals surface area contributed by atoms with Crippen LogP contribution in [0.5, 0.6) is 5.75 Å². The van der Waals surface area contributed by atoms with Gasteiger partial charge in [0.25, 0.3) is 0 Å². The molecular weight excluding hydrogens is 260 g/mol. The van der Waals surface area contributed by atoms with Gasteiger partial charge in [-0.25, -0.2) is 0 Å². The second-order valence-electron chi connectivity index (χ2n) is 3.81. The van der Waals surface area contributed by atoms with Crippen LogP contribution in [0.1, 0.15) is 11.1 Å². The van der Waals surface area contributed by atoms with Crippen molar-refractivity contribution in [2.45, 2.75) is 0 Å². The lowest BCUT2D eigenvalue weighted by molar-refractivity contribution is 0.415. The van der Waals surface area contributed by atoms with Crippen molar-refractivity contribution < 1.29 is 4.74 Å². The van der Waals surface area contributed by atoms with Crippen LogP contribution in [-0.4, -0.2) is 19.5 Å². The van der Waals surface area contributed by atoms with Gasteiger partial charge in [-0.05, 0) is 47.5 Å². The van der Waals surface area contributed by atoms with E-state index in [9.17, 15) is 0 Å². The summed E-state index contributed by atoms with van der Waals surface area (Å²) < 4.78 is 5.08. The highest BCUT2D eigenvalue weighted by Gasteiger charge is 1.90. The molecule has 0 aliphatic carbocycles. The molecule has 0 heterocycles. The lowest BCUT2D eigenvalue weighted by Crippen LogP contribution is -1.84. The number of halogens is 1. The van der Waals surface area contributed by atoms with Crippen LogP contribution in [0.4, 0.5) is 0 Å². The van der Waals surface area contributed by atoms with Gasteiger partial charge in [0.1, 0.15) is 5.75 Å². The molecule has 0 unspecified atom stereocenters. The number of nitrogens with zero attached hydrogens (tertiary/aromatic N) is 2. The van der Waals surface area contributed by atoms with Crippen molar-refractivity contribution in [3.63, 3.8) is 0 Å². The van der Waals surface area contributed by atoms with E-state index in [1.165, 1.54) is 0 Å². The summed E-state index contributed by atoms with van der Waals surface area (Å²) in [5.41, 5.74) is 1.92. The minimum Gasteiger partial charge on any atom is -0.497 e. The number of rotatable bonds is 4. The minimum atomic E-state index is 0.707. The van der Waals surface area contributed by atoms with Crippen molar-refractivity contribution in [3.05, 3.63) is 64.7 Å². The molecular formula is C15H13ClN2O. The van der Waals surface area contributed by atoms with E-state index in [4.69, 9.17) is 16.3 Å². The third-order valence-corrected chi connectivity index (χ3v) is 2.72. The van der Waals surface area contributed by atoms with Crippen LogP contribution in [0.3, 0.4) is 0 Å². The molecule has 2 rings (SSSR count). The van der Waals surface area contributed by atoms with Crippen molar-refractivity contribution in [2.75, 3.05) is 7.11 Å². The van der Waals surface area contributed by atoms with Crippen molar-refractivity contribution in [2.24, 2.45) is 10.2 Å². The smallest absolute Gasteiger partial charge is 0.118 e. The first-order chi connectivity index (χ1) is 9.28. The van der Waals surface area contributed by atoms with E-state index in [-0.39, 0.29) is 0 Å². The molecule has 0 saturated heterocycles. The van der Waals surface area contributed by atoms with Crippen molar-refractivity contribution >= 4 is 24.0 Å². The van der Waals surface area contributed by atoms with Crippen molar-refractivity contribution in [1.82, 2.24) is 0 Å². The summed E-state index contributed by atoms with van der Waals surface area (Å²) in [6, 6.07) is 15.0. The molecule has 0 spiro atoms. The molecule has 0 amide bonds. The van der Waals surface area contributed by atoms with E-state index in [0.29, 0.717) is 5.02 Å². The summed E-state index contributed by atoms with van der Waals surface area (Å²) in [5, 5.41) is 8.67. The minimum absolute atomic E-state index is 0.707. The first-order valence-electron chi connectivity index (χ1n) is 5.74. The number of benzene rings is 2. The Labute approximate surface area is 117 Å². The van der Waals surface area contributed by atoms with Crippen LogP contribution in [-0.2, 0) is 0 Å². The number of hydrogen-bond donors (Lipinski definition) is 0. The van der Waals surface area contributed by atoms with Gasteiger partial charge < -0.3 is 4.74 Å². The monoisotopic (exact) mass is 272 g/mol. The van der Waals surface area contributed by atoms with Crippen molar-refractivity contribution in [1.29, 1.82) is 0 Å². The highest BCUT2D eigenvalue weighted by Crippen LogP contribution is 2.10. The fourth-order valence-electron chi connectivity index (χ4n) is 1.44. The Kier molecular flexibility index (Phi) is 4.70. The number of ether oxygens (including phenoxy) is 1. The average molecular weight is 273 g/mol. The van der Waals surface area contributed by atoms with Crippen LogP contribution < -0.4 is 4.74 Å². The maximum atomic E-state index is 5.79. The van der Waals surface area contributed by atoms with Gasteiger partial charge in [0.05, 0.1) is 19.5 Å². The normalized spacial score (nSPS) is 11.3. The van der Waals surface area contributed by atoms with Gasteiger partial charge in [0.2, 0.25) is 0 Å². The molecule has 0 aliphatic rings. The van der Waals surface area contributed by atoms with Crippen LogP contribution in [0.15, 0.2) is 58.7 Å². The number of methoxy groups -OCH3 is 1. The highest BCUT2D eigenvalue weighted by molar-refractivity contribution is 6.30. The van der Waals surface area contributed by atoms with Gasteiger partial charge >= 0.3 is 0 Å². The average Bonchev–Trinajstić information content (AvgIpc) is 2.46. The largest absolute Gasteiger partial charge is 0.497 e. The van der Waals surface area contributed by atoms with Crippen LogP contribution in [0, 0.1) is 0 Å². The van der Waals surface area contributed by atoms with E-state index in [1.807, 2.05) is 48.5 Å². The topological polar surface area (TPSA) is 34.0 Å². The number of hydrogen-bond acceptors (Lipinski definition) is 3. The molecule has 3 nitrogen and oxygen atoms in total. The summed E-state index contributed by atoms with van der Waals surface area (Å²) in [6.07, 6.45) is 3.36. The quantitative estimate of drug-likeness (QED) is 0.616. The van der Waals surface area contributed by atoms with Gasteiger partial charge in [0, 0.05) is 5.02 Å². The zero-order chi connectivity index (χ0) is 13.5. The molecule has 0 bridgehead atoms. The first-order valence-corrected chi connectivity index (χ1v) is 6.12. The first kappa shape index (κ1) is 13.3. The standard InChI is InChI=1S/C15H13ClN2O/c1-19-15-8-4-13(5-9-15)11-18-17-10-12-2-6-14(16)7-3-12/h2-11H,1H3/b17-10+,18-11+. The second-order valence-corrected chi connectivity index (χ2v) is 4.25. The van der Waals surface area contributed by atoms with Crippen LogP contribution in [0.25, 0.3) is 0 Å². The summed E-state index contributed by atoms with van der Waals surface area (Å²) in [6.45, 7) is 0. The van der Waals surface area contributed by atoms with Gasteiger partial charge in [-0.1, -0.05) is 23.7 Å². The van der Waals surface area contributed by atoms with Crippen molar-refractivity contribution in [3.8, 4) is 5.75 Å². The molecule has 0 N–H and O–H groups in total. The van der Waals surface area contributed by atoms with Crippen LogP contribution >= 0.6 is 11.6 Å². The van der Waals surface area contributed by atoms with Crippen LogP contribution in [0.2, 0.25) is 5.02 Å². The molecule has 96 valence electrons. The Bertz CT molecular complexity index is 574. The molecule has 0 aromatic heterocycles. The molecule has 2 aromatic rings. The van der Waals surface area contributed by atoms with E-state index in [1.54, 1.807) is 19.5 Å². The Morgan fingerprint density at radius 2 is 1.32 bits per heavy atom. The zero-order valence-electron chi connectivity index (χ0n) is 10.5. The predicted octanol–water partition coefficient (Wildman–Crippen LogP) is 3.80. The van der Waals surface area contributed by atoms with E-state index < -0.39 is 0 Å². The fraction of sp³-hybridized carbons (Fsp3) is 0.0667. The molecule has 19 heavy (non-hydrogen) atoms. The Morgan fingerprint density at radius 3 is 1.79 bits per heavy atom. The molecule has 0 fully saturated rings. The lowest BCUT2D eigenvalue weighted by Gasteiger charge is -1.97. The van der Waals surface area contributed by atoms with Gasteiger partial charge in [-0.2, -0.15) is 10.2 Å².